The molecule has 7 aromatic heterocycles. The Hall–Kier alpha value is -10.1. The molecule has 5 aliphatic heterocycles. The van der Waals surface area contributed by atoms with E-state index in [1.165, 1.54) is 25.0 Å². The van der Waals surface area contributed by atoms with Crippen LogP contribution in [0.25, 0.3) is 78.1 Å². The molecule has 30 heteroatoms. The molecule has 12 aromatic rings. The van der Waals surface area contributed by atoms with E-state index in [2.05, 4.69) is 122 Å². The number of aromatic nitrogens is 13. The van der Waals surface area contributed by atoms with E-state index in [-0.39, 0.29) is 24.0 Å². The van der Waals surface area contributed by atoms with E-state index in [1.54, 1.807) is 57.9 Å². The molecule has 538 valence electrons. The van der Waals surface area contributed by atoms with E-state index in [1.807, 2.05) is 166 Å². The second-order valence-electron chi connectivity index (χ2n) is 25.8. The first-order chi connectivity index (χ1) is 51.4. The van der Waals surface area contributed by atoms with Crippen LogP contribution in [0.3, 0.4) is 0 Å². The minimum absolute atomic E-state index is 0.148. The highest BCUT2D eigenvalue weighted by molar-refractivity contribution is 14.1. The number of pyridine rings is 1. The van der Waals surface area contributed by atoms with Crippen LogP contribution < -0.4 is 10.9 Å². The van der Waals surface area contributed by atoms with E-state index in [0.29, 0.717) is 77.0 Å². The highest BCUT2D eigenvalue weighted by atomic mass is 127. The Kier molecular flexibility index (Phi) is 22.0. The second kappa shape index (κ2) is 31.9. The molecule has 2 atom stereocenters. The number of hydrogen-bond acceptors (Lipinski definition) is 20. The van der Waals surface area contributed by atoms with Gasteiger partial charge in [0.05, 0.1) is 65.5 Å². The average molecular weight is 1610 g/mol. The van der Waals surface area contributed by atoms with Crippen molar-refractivity contribution in [3.05, 3.63) is 234 Å². The highest BCUT2D eigenvalue weighted by Gasteiger charge is 2.37. The van der Waals surface area contributed by atoms with Gasteiger partial charge in [0, 0.05) is 118 Å². The summed E-state index contributed by atoms with van der Waals surface area (Å²) in [6, 6.07) is 48.9. The first-order valence-electron chi connectivity index (χ1n) is 34.1. The molecule has 23 nitrogen and oxygen atoms in total. The molecule has 2 N–H and O–H groups in total. The third-order valence-electron chi connectivity index (χ3n) is 18.5. The molecule has 5 aromatic carbocycles. The number of likely N-dealkylation sites (N-methyl/N-ethyl adjacent to an activating group) is 3. The van der Waals surface area contributed by atoms with Gasteiger partial charge in [-0.05, 0) is 80.6 Å². The summed E-state index contributed by atoms with van der Waals surface area (Å²) in [5.41, 5.74) is 20.9. The van der Waals surface area contributed by atoms with Gasteiger partial charge in [0.2, 0.25) is 5.65 Å². The number of fused-ring (bicyclic) bond motifs is 5. The molecule has 18 rings (SSSR count). The van der Waals surface area contributed by atoms with Gasteiger partial charge in [-0.3, -0.25) is 35.4 Å². The zero-order valence-corrected chi connectivity index (χ0v) is 63.8. The van der Waals surface area contributed by atoms with Gasteiger partial charge in [0.1, 0.15) is 43.7 Å². The molecule has 0 radical (unpaired) electrons. The quantitative estimate of drug-likeness (QED) is 0.121. The van der Waals surface area contributed by atoms with Gasteiger partial charge in [-0.25, -0.2) is 18.1 Å². The smallest absolute Gasteiger partial charge is 0.205 e. The maximum atomic E-state index is 14.5. The summed E-state index contributed by atoms with van der Waals surface area (Å²) in [6.45, 7) is 9.96. The fraction of sp³-hybridized carbons (Fsp3) is 0.237. The minimum Gasteiger partial charge on any atom is -0.304 e. The number of piperazine rings is 1. The fourth-order valence-corrected chi connectivity index (χ4v) is 15.2. The number of rotatable bonds is 10. The Labute approximate surface area is 643 Å². The van der Waals surface area contributed by atoms with Crippen molar-refractivity contribution in [1.82, 2.24) is 95.6 Å². The Bertz CT molecular complexity index is 5440. The third-order valence-corrected chi connectivity index (χ3v) is 21.1. The highest BCUT2D eigenvalue weighted by Crippen LogP contribution is 2.45. The number of hydrazone groups is 4. The van der Waals surface area contributed by atoms with Crippen molar-refractivity contribution in [2.24, 2.45) is 34.5 Å². The van der Waals surface area contributed by atoms with Crippen LogP contribution in [0.1, 0.15) is 49.4 Å². The monoisotopic (exact) mass is 1610 g/mol. The molecule has 2 unspecified atom stereocenters. The fourth-order valence-electron chi connectivity index (χ4n) is 12.8. The Morgan fingerprint density at radius 3 is 1.56 bits per heavy atom. The molecular formula is C76H70Cl4F2IN23. The lowest BCUT2D eigenvalue weighted by atomic mass is 10.0. The maximum absolute atomic E-state index is 14.5. The normalized spacial score (nSPS) is 17.0. The lowest BCUT2D eigenvalue weighted by Gasteiger charge is -2.32. The van der Waals surface area contributed by atoms with E-state index in [4.69, 9.17) is 46.4 Å². The molecule has 12 heterocycles. The molecular weight excluding hydrogens is 1540 g/mol. The van der Waals surface area contributed by atoms with Crippen molar-refractivity contribution in [1.29, 1.82) is 0 Å². The first kappa shape index (κ1) is 72.9. The Morgan fingerprint density at radius 2 is 0.991 bits per heavy atom. The summed E-state index contributed by atoms with van der Waals surface area (Å²) in [5.74, 6) is -0.0784. The van der Waals surface area contributed by atoms with Crippen LogP contribution in [0.2, 0.25) is 15.1 Å². The van der Waals surface area contributed by atoms with E-state index in [9.17, 15) is 8.78 Å². The Morgan fingerprint density at radius 1 is 0.491 bits per heavy atom. The molecule has 2 fully saturated rings. The lowest BCUT2D eigenvalue weighted by Crippen LogP contribution is -2.45. The summed E-state index contributed by atoms with van der Waals surface area (Å²) < 4.78 is 34.3. The topological polar surface area (TPSA) is 230 Å². The molecule has 106 heavy (non-hydrogen) atoms. The van der Waals surface area contributed by atoms with Gasteiger partial charge < -0.3 is 4.90 Å². The van der Waals surface area contributed by atoms with Crippen LogP contribution in [-0.2, 0) is 20.6 Å². The predicted molar refractivity (Wildman–Crippen MR) is 424 cm³/mol. The zero-order valence-electron chi connectivity index (χ0n) is 58.6. The SMILES string of the molecule is CC1=NN(C)C2NN=C(c3cccc(F)c3)C(Cl)=C12.CC1=NN(C)C2NN=C(c3ccccc3)C(F)=C12.CN1CCN(CCn2nc3nnc(-c4ccccc4)c(Cl)c3c2I)CC1.Cn1nc(-c2cccnc2)c2c(Cl)c(-c3ccccc3)nnc21.Cn1nc(C2CC2)c2c(Cl)c(-c3ccccc3)nnc21. The number of benzene rings is 5. The van der Waals surface area contributed by atoms with Gasteiger partial charge in [-0.2, -0.15) is 30.6 Å². The van der Waals surface area contributed by atoms with Gasteiger partial charge >= 0.3 is 0 Å². The summed E-state index contributed by atoms with van der Waals surface area (Å²) in [6.07, 6.45) is 5.42. The predicted octanol–water partition coefficient (Wildman–Crippen LogP) is 14.4. The number of nitrogens with zero attached hydrogens (tertiary/aromatic N) is 21. The van der Waals surface area contributed by atoms with Crippen molar-refractivity contribution < 1.29 is 8.78 Å². The second-order valence-corrected chi connectivity index (χ2v) is 28.3. The van der Waals surface area contributed by atoms with Gasteiger partial charge in [-0.1, -0.05) is 180 Å². The van der Waals surface area contributed by atoms with Crippen LogP contribution in [0.15, 0.2) is 213 Å². The molecule has 0 amide bonds. The maximum Gasteiger partial charge on any atom is 0.205 e. The lowest BCUT2D eigenvalue weighted by molar-refractivity contribution is 0.148. The van der Waals surface area contributed by atoms with Crippen molar-refractivity contribution >= 4 is 125 Å². The van der Waals surface area contributed by atoms with Gasteiger partial charge in [0.25, 0.3) is 0 Å². The van der Waals surface area contributed by atoms with Crippen LogP contribution in [0.5, 0.6) is 0 Å². The summed E-state index contributed by atoms with van der Waals surface area (Å²) in [7, 11) is 9.54. The first-order valence-corrected chi connectivity index (χ1v) is 36.7. The van der Waals surface area contributed by atoms with Crippen molar-refractivity contribution in [2.75, 3.05) is 53.9 Å². The van der Waals surface area contributed by atoms with E-state index >= 15 is 0 Å². The van der Waals surface area contributed by atoms with Crippen LogP contribution in [0, 0.1) is 9.52 Å². The molecule has 1 saturated carbocycles. The zero-order chi connectivity index (χ0) is 73.9. The van der Waals surface area contributed by atoms with Crippen molar-refractivity contribution in [3.63, 3.8) is 0 Å². The van der Waals surface area contributed by atoms with E-state index < -0.39 is 0 Å². The van der Waals surface area contributed by atoms with Crippen LogP contribution >= 0.6 is 69.0 Å². The average Bonchev–Trinajstić information content (AvgIpc) is 1.57. The summed E-state index contributed by atoms with van der Waals surface area (Å²) in [5, 5.41) is 64.9. The van der Waals surface area contributed by atoms with Crippen molar-refractivity contribution in [3.8, 4) is 45.0 Å². The number of hydrogen-bond donors (Lipinski definition) is 2. The third kappa shape index (κ3) is 15.2. The van der Waals surface area contributed by atoms with Crippen LogP contribution in [0.4, 0.5) is 8.78 Å². The molecule has 1 saturated heterocycles. The number of nitrogens with one attached hydrogen (secondary N) is 2. The van der Waals surface area contributed by atoms with E-state index in [0.717, 1.165) is 121 Å². The molecule has 0 bridgehead atoms. The van der Waals surface area contributed by atoms with Crippen molar-refractivity contribution in [2.45, 2.75) is 51.5 Å². The molecule has 6 aliphatic rings. The summed E-state index contributed by atoms with van der Waals surface area (Å²) in [4.78, 5) is 9.00. The van der Waals surface area contributed by atoms with Crippen LogP contribution in [-0.4, -0.2) is 174 Å². The minimum atomic E-state index is -0.314. The van der Waals surface area contributed by atoms with Gasteiger partial charge in [-0.15, -0.1) is 35.7 Å². The largest absolute Gasteiger partial charge is 0.304 e. The standard InChI is InChI=1S/C18H20ClIN6.C17H12ClN5.C15H13ClN4.C13H12ClFN4.C13H13FN4/c1-24-7-9-25(10-8-24)11-12-26-17(20)14-15(19)16(21-22-18(14)23-26)13-5-3-2-4-6-13;1-23-17-13(15(22-23)12-8-5-9-19-10-12)14(18)16(20-21-17)11-6-3-2-4-7-11;1-20-15-11(13(19-20)10-7-8-10)12(16)14(17-18-15)9-5-3-2-4-6-9;1-7-10-11(14)12(8-4-3-5-9(15)6-8)16-17-13(10)19(2)18-7;1-8-10-11(14)12(9-6-4-3-5-7-9)15-16-13(10)18(2)17-8/h2-6H,7-12H2,1H3;2-10H,1H3;2-6,10H,7-8H2,1H3;3-6,13,17H,1-2H3;3-7,13,16H,1-2H3. The number of halogens is 7. The summed E-state index contributed by atoms with van der Waals surface area (Å²) >= 11 is 28.7. The number of allylic oxidation sites excluding steroid dienone is 2. The number of aryl methyl sites for hydroxylation is 2. The van der Waals surface area contributed by atoms with Gasteiger partial charge in [0.15, 0.2) is 29.5 Å². The Balaban J connectivity index is 0.000000112. The molecule has 0 spiro atoms. The molecule has 1 aliphatic carbocycles.